The smallest absolute Gasteiger partial charge is 0.124 e. The van der Waals surface area contributed by atoms with Crippen molar-refractivity contribution in [3.8, 4) is 5.75 Å². The van der Waals surface area contributed by atoms with Gasteiger partial charge in [0.2, 0.25) is 0 Å². The predicted molar refractivity (Wildman–Crippen MR) is 85.2 cm³/mol. The highest BCUT2D eigenvalue weighted by Crippen LogP contribution is 2.30. The minimum atomic E-state index is 0.417. The summed E-state index contributed by atoms with van der Waals surface area (Å²) in [6, 6.07) is 6.55. The molecular formula is C18H29NO. The van der Waals surface area contributed by atoms with Gasteiger partial charge >= 0.3 is 0 Å². The Hall–Kier alpha value is -1.02. The molecule has 1 aliphatic carbocycles. The van der Waals surface area contributed by atoms with Gasteiger partial charge in [-0.05, 0) is 51.1 Å². The Kier molecular flexibility index (Phi) is 5.90. The lowest BCUT2D eigenvalue weighted by molar-refractivity contribution is 0.128. The minimum Gasteiger partial charge on any atom is -0.490 e. The van der Waals surface area contributed by atoms with Crippen molar-refractivity contribution in [1.82, 2.24) is 5.32 Å². The maximum absolute atomic E-state index is 6.29. The normalized spacial score (nSPS) is 22.8. The van der Waals surface area contributed by atoms with Gasteiger partial charge in [0.05, 0.1) is 6.10 Å². The van der Waals surface area contributed by atoms with Gasteiger partial charge in [-0.2, -0.15) is 0 Å². The molecule has 2 nitrogen and oxygen atoms in total. The van der Waals surface area contributed by atoms with E-state index in [1.165, 1.54) is 43.2 Å². The van der Waals surface area contributed by atoms with Gasteiger partial charge in [-0.3, -0.25) is 0 Å². The Labute approximate surface area is 123 Å². The number of aryl methyl sites for hydroxylation is 1. The van der Waals surface area contributed by atoms with E-state index in [0.29, 0.717) is 6.10 Å². The Morgan fingerprint density at radius 1 is 1.15 bits per heavy atom. The number of rotatable bonds is 6. The van der Waals surface area contributed by atoms with Crippen LogP contribution in [0.25, 0.3) is 0 Å². The average Bonchev–Trinajstić information content (AvgIpc) is 2.48. The molecule has 1 aromatic carbocycles. The molecule has 0 saturated heterocycles. The molecule has 1 saturated carbocycles. The summed E-state index contributed by atoms with van der Waals surface area (Å²) in [7, 11) is 0. The van der Waals surface area contributed by atoms with Crippen molar-refractivity contribution in [3.05, 3.63) is 29.3 Å². The van der Waals surface area contributed by atoms with Gasteiger partial charge in [-0.15, -0.1) is 0 Å². The van der Waals surface area contributed by atoms with Crippen LogP contribution < -0.4 is 10.1 Å². The largest absolute Gasteiger partial charge is 0.490 e. The Bertz CT molecular complexity index is 408. The fourth-order valence-electron chi connectivity index (χ4n) is 3.06. The molecule has 0 amide bonds. The van der Waals surface area contributed by atoms with Crippen LogP contribution in [-0.2, 0) is 6.54 Å². The fraction of sp³-hybridized carbons (Fsp3) is 0.667. The van der Waals surface area contributed by atoms with Crippen LogP contribution in [0.15, 0.2) is 18.2 Å². The maximum atomic E-state index is 6.29. The van der Waals surface area contributed by atoms with E-state index in [-0.39, 0.29) is 0 Å². The SMILES string of the molecule is CCNCc1cc(C)ccc1OC1CCC(CC)CC1. The second-order valence-corrected chi connectivity index (χ2v) is 6.06. The van der Waals surface area contributed by atoms with Crippen LogP contribution in [0.2, 0.25) is 0 Å². The van der Waals surface area contributed by atoms with Crippen LogP contribution in [0.4, 0.5) is 0 Å². The lowest BCUT2D eigenvalue weighted by Crippen LogP contribution is -2.24. The summed E-state index contributed by atoms with van der Waals surface area (Å²) in [5.74, 6) is 2.01. The quantitative estimate of drug-likeness (QED) is 0.828. The lowest BCUT2D eigenvalue weighted by Gasteiger charge is -2.29. The van der Waals surface area contributed by atoms with E-state index in [9.17, 15) is 0 Å². The molecule has 0 unspecified atom stereocenters. The summed E-state index contributed by atoms with van der Waals surface area (Å²) in [4.78, 5) is 0. The highest BCUT2D eigenvalue weighted by molar-refractivity contribution is 5.37. The van der Waals surface area contributed by atoms with Crippen molar-refractivity contribution in [2.75, 3.05) is 6.54 Å². The van der Waals surface area contributed by atoms with Gasteiger partial charge in [0.1, 0.15) is 5.75 Å². The van der Waals surface area contributed by atoms with Gasteiger partial charge < -0.3 is 10.1 Å². The zero-order chi connectivity index (χ0) is 14.4. The number of nitrogens with one attached hydrogen (secondary N) is 1. The van der Waals surface area contributed by atoms with Crippen LogP contribution in [-0.4, -0.2) is 12.6 Å². The third kappa shape index (κ3) is 4.24. The van der Waals surface area contributed by atoms with Crippen molar-refractivity contribution < 1.29 is 4.74 Å². The molecule has 2 heteroatoms. The third-order valence-corrected chi connectivity index (χ3v) is 4.45. The van der Waals surface area contributed by atoms with Crippen molar-refractivity contribution in [3.63, 3.8) is 0 Å². The van der Waals surface area contributed by atoms with Gasteiger partial charge in [0, 0.05) is 12.1 Å². The van der Waals surface area contributed by atoms with Crippen LogP contribution in [0.3, 0.4) is 0 Å². The van der Waals surface area contributed by atoms with Crippen LogP contribution >= 0.6 is 0 Å². The second-order valence-electron chi connectivity index (χ2n) is 6.06. The first-order valence-electron chi connectivity index (χ1n) is 8.19. The Balaban J connectivity index is 1.98. The molecule has 112 valence electrons. The number of ether oxygens (including phenoxy) is 1. The Morgan fingerprint density at radius 3 is 2.55 bits per heavy atom. The molecule has 0 heterocycles. The van der Waals surface area contributed by atoms with Crippen LogP contribution in [0.5, 0.6) is 5.75 Å². The summed E-state index contributed by atoms with van der Waals surface area (Å²) in [5, 5.41) is 3.41. The molecule has 1 aromatic rings. The molecule has 0 aliphatic heterocycles. The molecule has 1 fully saturated rings. The number of hydrogen-bond donors (Lipinski definition) is 1. The first-order valence-corrected chi connectivity index (χ1v) is 8.19. The van der Waals surface area contributed by atoms with Crippen molar-refractivity contribution in [1.29, 1.82) is 0 Å². The average molecular weight is 275 g/mol. The highest BCUT2D eigenvalue weighted by Gasteiger charge is 2.21. The third-order valence-electron chi connectivity index (χ3n) is 4.45. The standard InChI is InChI=1S/C18H29NO/c1-4-15-7-9-17(10-8-15)20-18-11-6-14(3)12-16(18)13-19-5-2/h6,11-12,15,17,19H,4-5,7-10,13H2,1-3H3. The molecule has 2 rings (SSSR count). The van der Waals surface area contributed by atoms with E-state index >= 15 is 0 Å². The maximum Gasteiger partial charge on any atom is 0.124 e. The summed E-state index contributed by atoms with van der Waals surface area (Å²) >= 11 is 0. The molecule has 1 aliphatic rings. The topological polar surface area (TPSA) is 21.3 Å². The zero-order valence-corrected chi connectivity index (χ0v) is 13.2. The monoisotopic (exact) mass is 275 g/mol. The van der Waals surface area contributed by atoms with E-state index in [4.69, 9.17) is 4.74 Å². The first-order chi connectivity index (χ1) is 9.72. The molecule has 1 N–H and O–H groups in total. The highest BCUT2D eigenvalue weighted by atomic mass is 16.5. The van der Waals surface area contributed by atoms with Crippen molar-refractivity contribution in [2.24, 2.45) is 5.92 Å². The molecular weight excluding hydrogens is 246 g/mol. The molecule has 20 heavy (non-hydrogen) atoms. The summed E-state index contributed by atoms with van der Waals surface area (Å²) in [6.45, 7) is 8.49. The van der Waals surface area contributed by atoms with Crippen LogP contribution in [0, 0.1) is 12.8 Å². The minimum absolute atomic E-state index is 0.417. The Morgan fingerprint density at radius 2 is 1.90 bits per heavy atom. The first kappa shape index (κ1) is 15.4. The predicted octanol–water partition coefficient (Wildman–Crippen LogP) is 4.45. The van der Waals surface area contributed by atoms with E-state index < -0.39 is 0 Å². The molecule has 0 spiro atoms. The van der Waals surface area contributed by atoms with E-state index in [1.54, 1.807) is 0 Å². The zero-order valence-electron chi connectivity index (χ0n) is 13.2. The summed E-state index contributed by atoms with van der Waals surface area (Å²) in [5.41, 5.74) is 2.60. The molecule has 0 atom stereocenters. The fourth-order valence-corrected chi connectivity index (χ4v) is 3.06. The molecule has 0 bridgehead atoms. The van der Waals surface area contributed by atoms with Gasteiger partial charge in [-0.1, -0.05) is 38.0 Å². The van der Waals surface area contributed by atoms with Gasteiger partial charge in [0.15, 0.2) is 0 Å². The summed E-state index contributed by atoms with van der Waals surface area (Å²) in [6.07, 6.45) is 6.83. The van der Waals surface area contributed by atoms with Gasteiger partial charge in [-0.25, -0.2) is 0 Å². The number of benzene rings is 1. The van der Waals surface area contributed by atoms with Crippen molar-refractivity contribution in [2.45, 2.75) is 65.5 Å². The summed E-state index contributed by atoms with van der Waals surface area (Å²) < 4.78 is 6.29. The van der Waals surface area contributed by atoms with Crippen molar-refractivity contribution >= 4 is 0 Å². The van der Waals surface area contributed by atoms with E-state index in [1.807, 2.05) is 0 Å². The van der Waals surface area contributed by atoms with Gasteiger partial charge in [0.25, 0.3) is 0 Å². The van der Waals surface area contributed by atoms with Crippen LogP contribution in [0.1, 0.15) is 57.1 Å². The number of hydrogen-bond acceptors (Lipinski definition) is 2. The second kappa shape index (κ2) is 7.68. The van der Waals surface area contributed by atoms with E-state index in [0.717, 1.165) is 24.8 Å². The van der Waals surface area contributed by atoms with E-state index in [2.05, 4.69) is 44.3 Å². The lowest BCUT2D eigenvalue weighted by atomic mass is 9.86. The molecule has 0 radical (unpaired) electrons. The molecule has 0 aromatic heterocycles.